The molecule has 4 amide bonds. The number of carbonyl (C=O) groups excluding carboxylic acids is 8. The Hall–Kier alpha value is -8.68. The molecule has 2 aliphatic heterocycles. The number of esters is 2. The van der Waals surface area contributed by atoms with Gasteiger partial charge in [0.25, 0.3) is 0 Å². The lowest BCUT2D eigenvalue weighted by atomic mass is 9.90. The van der Waals surface area contributed by atoms with Crippen LogP contribution in [-0.4, -0.2) is 145 Å². The van der Waals surface area contributed by atoms with Crippen LogP contribution in [0.25, 0.3) is 0 Å². The van der Waals surface area contributed by atoms with Gasteiger partial charge >= 0.3 is 11.9 Å². The fourth-order valence-corrected chi connectivity index (χ4v) is 10.7. The Kier molecular flexibility index (Phi) is 27.1. The van der Waals surface area contributed by atoms with Crippen molar-refractivity contribution in [2.24, 2.45) is 11.8 Å². The molecule has 0 fully saturated rings. The van der Waals surface area contributed by atoms with Gasteiger partial charge in [0.15, 0.2) is 11.6 Å². The molecule has 6 atom stereocenters. The summed E-state index contributed by atoms with van der Waals surface area (Å²) in [5.41, 5.74) is 4.19. The highest BCUT2D eigenvalue weighted by Gasteiger charge is 2.33. The Morgan fingerprint density at radius 1 is 0.533 bits per heavy atom. The van der Waals surface area contributed by atoms with Crippen LogP contribution in [-0.2, 0) is 63.9 Å². The number of ether oxygens (including phenoxy) is 4. The second kappa shape index (κ2) is 35.5. The number of hydrogen-bond donors (Lipinski definition) is 4. The van der Waals surface area contributed by atoms with Gasteiger partial charge in [-0.05, 0) is 103 Å². The lowest BCUT2D eigenvalue weighted by molar-refractivity contribution is -0.146. The van der Waals surface area contributed by atoms with Crippen LogP contribution in [0.1, 0.15) is 81.5 Å². The maximum Gasteiger partial charge on any atom is 0.328 e. The molecule has 20 heteroatoms. The summed E-state index contributed by atoms with van der Waals surface area (Å²) in [7, 11) is 2.43. The van der Waals surface area contributed by atoms with E-state index >= 15 is 0 Å². The van der Waals surface area contributed by atoms with Crippen molar-refractivity contribution in [2.45, 2.75) is 88.5 Å². The normalized spacial score (nSPS) is 20.6. The Bertz CT molecular complexity index is 3390. The van der Waals surface area contributed by atoms with Gasteiger partial charge in [-0.15, -0.1) is 0 Å². The highest BCUT2D eigenvalue weighted by Crippen LogP contribution is 2.30. The molecule has 0 aliphatic carbocycles. The fraction of sp³-hybridized carbons (Fsp3) is 0.343. The van der Waals surface area contributed by atoms with Gasteiger partial charge in [-0.25, -0.2) is 9.59 Å². The number of benzene rings is 6. The molecule has 0 spiro atoms. The summed E-state index contributed by atoms with van der Waals surface area (Å²) >= 11 is 12.4. The molecule has 18 nitrogen and oxygen atoms in total. The smallest absolute Gasteiger partial charge is 0.328 e. The van der Waals surface area contributed by atoms with E-state index in [0.717, 1.165) is 22.3 Å². The van der Waals surface area contributed by atoms with Crippen LogP contribution in [0, 0.1) is 11.8 Å². The van der Waals surface area contributed by atoms with Crippen molar-refractivity contribution in [3.05, 3.63) is 213 Å². The zero-order valence-corrected chi connectivity index (χ0v) is 51.9. The highest BCUT2D eigenvalue weighted by molar-refractivity contribution is 6.31. The largest absolute Gasteiger partial charge is 0.490 e. The predicted molar refractivity (Wildman–Crippen MR) is 340 cm³/mol. The van der Waals surface area contributed by atoms with E-state index in [-0.39, 0.29) is 112 Å². The number of Topliss-reactive ketones (excluding diaryl/α,β-unsaturated/α-hetero) is 2. The van der Waals surface area contributed by atoms with Gasteiger partial charge in [0.05, 0.1) is 25.3 Å². The summed E-state index contributed by atoms with van der Waals surface area (Å²) in [5, 5.41) is 27.9. The minimum atomic E-state index is -1.42. The fourth-order valence-electron chi connectivity index (χ4n) is 10.4. The number of carbonyl (C=O) groups is 8. The Morgan fingerprint density at radius 2 is 0.944 bits per heavy atom. The van der Waals surface area contributed by atoms with E-state index < -0.39 is 65.7 Å². The van der Waals surface area contributed by atoms with Crippen LogP contribution < -0.4 is 20.1 Å². The Balaban J connectivity index is 0.000000256. The van der Waals surface area contributed by atoms with Gasteiger partial charge in [0, 0.05) is 73.7 Å². The first-order chi connectivity index (χ1) is 43.5. The second-order valence-corrected chi connectivity index (χ2v) is 22.8. The molecule has 2 aliphatic rings. The molecule has 6 aromatic carbocycles. The average Bonchev–Trinajstić information content (AvgIpc) is 3.06. The number of amides is 4. The molecule has 0 radical (unpaired) electrons. The van der Waals surface area contributed by atoms with Crippen LogP contribution in [0.5, 0.6) is 11.5 Å². The first kappa shape index (κ1) is 68.8. The van der Waals surface area contributed by atoms with Gasteiger partial charge in [0.2, 0.25) is 23.6 Å². The van der Waals surface area contributed by atoms with Crippen molar-refractivity contribution in [3.63, 3.8) is 0 Å². The summed E-state index contributed by atoms with van der Waals surface area (Å²) in [5.74, 6) is -4.97. The molecule has 6 aromatic rings. The number of methoxy groups -OCH3 is 2. The number of nitrogens with zero attached hydrogens (tertiary/aromatic N) is 2. The maximum absolute atomic E-state index is 13.7. The molecule has 0 bridgehead atoms. The van der Waals surface area contributed by atoms with Crippen molar-refractivity contribution < 1.29 is 67.5 Å². The predicted octanol–water partition coefficient (Wildman–Crippen LogP) is 8.62. The van der Waals surface area contributed by atoms with Crippen molar-refractivity contribution in [1.82, 2.24) is 20.4 Å². The standard InChI is InChI=1S/C35H39ClN2O8.C35H37ClN2O6/c1-45-35(44)28-14-15-33(42)38(17-16-23-8-4-2-5-9-23)21-30(40)31(41)22-46-32-20-26(36)12-13-27(32)29(39)19-25(34(43)37-28)18-24-10-6-3-7-11-24;1-43-35(42)30-16-17-33(40)38(20-18-25-10-4-2-5-11-25)19-8-9-21-44-32-24-28(36)14-15-29(32)31(39)23-27(34(41)37-30)22-26-12-6-3-7-13-26/h2-13,20,25,28,30-31,40-41H,14-19,21-22H2,1H3,(H,37,43);2-15,24,27,30H,16-23H2,1H3,(H,37,41)/b;9-8+/t25-,28-,30-,31-;27-,30-/m00/s1. The molecular formula is C70H76Cl2N4O14. The first-order valence-electron chi connectivity index (χ1n) is 29.9. The highest BCUT2D eigenvalue weighted by atomic mass is 35.5. The van der Waals surface area contributed by atoms with E-state index in [2.05, 4.69) is 10.6 Å². The summed E-state index contributed by atoms with van der Waals surface area (Å²) in [4.78, 5) is 110. The summed E-state index contributed by atoms with van der Waals surface area (Å²) in [6.07, 6.45) is 1.91. The number of ketones is 2. The molecule has 2 heterocycles. The summed E-state index contributed by atoms with van der Waals surface area (Å²) in [6, 6.07) is 44.8. The van der Waals surface area contributed by atoms with Crippen LogP contribution >= 0.6 is 23.2 Å². The molecule has 0 unspecified atom stereocenters. The van der Waals surface area contributed by atoms with E-state index in [1.54, 1.807) is 29.2 Å². The number of fused-ring (bicyclic) bond motifs is 2. The second-order valence-electron chi connectivity index (χ2n) is 21.9. The Labute approximate surface area is 534 Å². The first-order valence-corrected chi connectivity index (χ1v) is 30.6. The van der Waals surface area contributed by atoms with Gasteiger partial charge < -0.3 is 49.6 Å². The van der Waals surface area contributed by atoms with Crippen LogP contribution in [0.3, 0.4) is 0 Å². The number of hydrogen-bond acceptors (Lipinski definition) is 14. The molecule has 4 N–H and O–H groups in total. The number of halogens is 2. The van der Waals surface area contributed by atoms with Crippen molar-refractivity contribution in [1.29, 1.82) is 0 Å². The minimum absolute atomic E-state index is 0.0192. The molecular weight excluding hydrogens is 1190 g/mol. The van der Waals surface area contributed by atoms with Crippen LogP contribution in [0.15, 0.2) is 170 Å². The van der Waals surface area contributed by atoms with Crippen LogP contribution in [0.2, 0.25) is 10.0 Å². The molecule has 0 saturated carbocycles. The SMILES string of the molecule is COC(=O)[C@@H]1CCC(=O)N(CCc2ccccc2)C/C=C/COc2cc(Cl)ccc2C(=O)C[C@H](Cc2ccccc2)C(=O)N1.COC(=O)[C@@H]1CCC(=O)N(CCc2ccccc2)C[C@H](O)[C@@H](O)COc2cc(Cl)ccc2C(=O)C[C@H](Cc2ccccc2)C(=O)N1. The molecule has 0 aromatic heterocycles. The molecule has 8 rings (SSSR count). The number of aliphatic hydroxyl groups is 2. The van der Waals surface area contributed by atoms with Crippen molar-refractivity contribution in [3.8, 4) is 11.5 Å². The van der Waals surface area contributed by atoms with Gasteiger partial charge in [0.1, 0.15) is 49.0 Å². The molecule has 0 saturated heterocycles. The number of rotatable bonds is 12. The topological polar surface area (TPSA) is 244 Å². The third kappa shape index (κ3) is 21.5. The minimum Gasteiger partial charge on any atom is -0.490 e. The van der Waals surface area contributed by atoms with E-state index in [1.165, 1.54) is 37.3 Å². The average molecular weight is 1270 g/mol. The van der Waals surface area contributed by atoms with Gasteiger partial charge in [-0.1, -0.05) is 151 Å². The van der Waals surface area contributed by atoms with Crippen molar-refractivity contribution in [2.75, 3.05) is 53.6 Å². The third-order valence-corrected chi connectivity index (χ3v) is 15.9. The van der Waals surface area contributed by atoms with E-state index in [0.29, 0.717) is 42.3 Å². The monoisotopic (exact) mass is 1270 g/mol. The summed E-state index contributed by atoms with van der Waals surface area (Å²) in [6.45, 7) is 0.571. The van der Waals surface area contributed by atoms with E-state index in [9.17, 15) is 48.6 Å². The maximum atomic E-state index is 13.7. The van der Waals surface area contributed by atoms with Crippen LogP contribution in [0.4, 0.5) is 0 Å². The number of nitrogens with one attached hydrogen (secondary N) is 2. The third-order valence-electron chi connectivity index (χ3n) is 15.5. The van der Waals surface area contributed by atoms with E-state index in [4.69, 9.17) is 42.1 Å². The lowest BCUT2D eigenvalue weighted by Crippen LogP contribution is -2.47. The zero-order chi connectivity index (χ0) is 64.4. The number of aliphatic hydroxyl groups excluding tert-OH is 2. The van der Waals surface area contributed by atoms with E-state index in [1.807, 2.05) is 127 Å². The van der Waals surface area contributed by atoms with Gasteiger partial charge in [-0.2, -0.15) is 0 Å². The molecule has 474 valence electrons. The number of β-amino-alcohol motifs (C(OH)–C–C–N with tert-alkyl or cyclic N) is 1. The zero-order valence-electron chi connectivity index (χ0n) is 50.4. The van der Waals surface area contributed by atoms with Crippen molar-refractivity contribution >= 4 is 70.3 Å². The molecule has 90 heavy (non-hydrogen) atoms. The quantitative estimate of drug-likeness (QED) is 0.0662. The Morgan fingerprint density at radius 3 is 1.39 bits per heavy atom. The van der Waals surface area contributed by atoms with Gasteiger partial charge in [-0.3, -0.25) is 28.8 Å². The summed E-state index contributed by atoms with van der Waals surface area (Å²) < 4.78 is 21.7. The lowest BCUT2D eigenvalue weighted by Gasteiger charge is -2.28.